The van der Waals surface area contributed by atoms with E-state index in [4.69, 9.17) is 4.74 Å². The van der Waals surface area contributed by atoms with Gasteiger partial charge in [-0.15, -0.1) is 0 Å². The summed E-state index contributed by atoms with van der Waals surface area (Å²) < 4.78 is 5.31. The monoisotopic (exact) mass is 720 g/mol. The summed E-state index contributed by atoms with van der Waals surface area (Å²) in [7, 11) is 0. The first-order valence-electron chi connectivity index (χ1n) is 18.3. The number of ether oxygens (including phenoxy) is 1. The highest BCUT2D eigenvalue weighted by molar-refractivity contribution is 5.97. The number of amides is 2. The van der Waals surface area contributed by atoms with Crippen molar-refractivity contribution in [1.29, 1.82) is 0 Å². The van der Waals surface area contributed by atoms with Gasteiger partial charge in [0.2, 0.25) is 11.8 Å². The topological polar surface area (TPSA) is 101 Å². The largest absolute Gasteiger partial charge is 0.381 e. The number of carbonyl (C=O) groups excluding carboxylic acids is 5. The highest BCUT2D eigenvalue weighted by Crippen LogP contribution is 2.28. The van der Waals surface area contributed by atoms with E-state index in [1.165, 1.54) is 13.8 Å². The molecule has 0 unspecified atom stereocenters. The lowest BCUT2D eigenvalue weighted by molar-refractivity contribution is -0.123. The number of hydrogen-bond acceptors (Lipinski definition) is 6. The number of para-hydroxylation sites is 2. The smallest absolute Gasteiger partial charge is 0.227 e. The molecule has 0 bridgehead atoms. The van der Waals surface area contributed by atoms with E-state index in [9.17, 15) is 24.0 Å². The summed E-state index contributed by atoms with van der Waals surface area (Å²) in [5, 5.41) is 0. The molecule has 2 aliphatic heterocycles. The Balaban J connectivity index is 0.000000217. The van der Waals surface area contributed by atoms with Crippen molar-refractivity contribution < 1.29 is 28.7 Å². The van der Waals surface area contributed by atoms with E-state index in [0.29, 0.717) is 58.4 Å². The second kappa shape index (κ2) is 19.7. The minimum Gasteiger partial charge on any atom is -0.381 e. The lowest BCUT2D eigenvalue weighted by Crippen LogP contribution is -2.32. The Morgan fingerprint density at radius 1 is 0.500 bits per heavy atom. The summed E-state index contributed by atoms with van der Waals surface area (Å²) in [4.78, 5) is 63.4. The molecule has 6 rings (SSSR count). The van der Waals surface area contributed by atoms with E-state index in [1.807, 2.05) is 97.1 Å². The van der Waals surface area contributed by atoms with Crippen molar-refractivity contribution >= 4 is 40.5 Å². The number of benzene rings is 4. The number of fused-ring (bicyclic) bond motifs is 4. The van der Waals surface area contributed by atoms with Crippen molar-refractivity contribution in [1.82, 2.24) is 0 Å². The fourth-order valence-corrected chi connectivity index (χ4v) is 6.03. The lowest BCUT2D eigenvalue weighted by Gasteiger charge is -2.26. The molecule has 2 aliphatic rings. The van der Waals surface area contributed by atoms with Crippen LogP contribution in [0.4, 0.5) is 11.4 Å². The van der Waals surface area contributed by atoms with Gasteiger partial charge in [0.1, 0.15) is 17.3 Å². The molecule has 0 saturated carbocycles. The molecule has 0 radical (unpaired) electrons. The van der Waals surface area contributed by atoms with Gasteiger partial charge in [-0.1, -0.05) is 84.3 Å². The molecular weight excluding hydrogens is 677 g/mol. The van der Waals surface area contributed by atoms with Crippen LogP contribution in [0.2, 0.25) is 0 Å². The van der Waals surface area contributed by atoms with E-state index in [0.717, 1.165) is 44.8 Å². The van der Waals surface area contributed by atoms with Crippen LogP contribution in [0.1, 0.15) is 92.2 Å². The first-order valence-corrected chi connectivity index (χ1v) is 18.3. The van der Waals surface area contributed by atoms with Gasteiger partial charge in [-0.2, -0.15) is 0 Å². The summed E-state index contributed by atoms with van der Waals surface area (Å²) in [6.07, 6.45) is 2.30. The molecule has 0 aromatic heterocycles. The zero-order chi connectivity index (χ0) is 38.3. The van der Waals surface area contributed by atoms with Crippen LogP contribution in [0.3, 0.4) is 0 Å². The van der Waals surface area contributed by atoms with Crippen molar-refractivity contribution in [2.45, 2.75) is 71.9 Å². The molecule has 0 saturated heterocycles. The number of nitrogens with zero attached hydrogens (tertiary/aromatic N) is 2. The van der Waals surface area contributed by atoms with Gasteiger partial charge in [0, 0.05) is 60.8 Å². The Labute approximate surface area is 317 Å². The van der Waals surface area contributed by atoms with Gasteiger partial charge in [-0.05, 0) is 67.8 Å². The number of anilines is 2. The number of Topliss-reactive ketones (excluding diaryl/α,β-unsaturated/α-hetero) is 3. The Kier molecular flexibility index (Phi) is 14.2. The predicted molar refractivity (Wildman–Crippen MR) is 210 cm³/mol. The quantitative estimate of drug-likeness (QED) is 0.106. The maximum atomic E-state index is 13.1. The summed E-state index contributed by atoms with van der Waals surface area (Å²) in [5.74, 6) is 12.8. The molecule has 4 aromatic carbocycles. The third-order valence-corrected chi connectivity index (χ3v) is 9.01. The lowest BCUT2D eigenvalue weighted by atomic mass is 10.0. The van der Waals surface area contributed by atoms with Gasteiger partial charge in [0.15, 0.2) is 0 Å². The normalized spacial score (nSPS) is 12.0. The molecule has 0 N–H and O–H groups in total. The average Bonchev–Trinajstić information content (AvgIpc) is 3.15. The van der Waals surface area contributed by atoms with Crippen LogP contribution < -0.4 is 9.80 Å². The van der Waals surface area contributed by atoms with Crippen LogP contribution in [0.25, 0.3) is 0 Å². The molecule has 2 amide bonds. The van der Waals surface area contributed by atoms with E-state index >= 15 is 0 Å². The van der Waals surface area contributed by atoms with Crippen molar-refractivity contribution in [2.24, 2.45) is 0 Å². The van der Waals surface area contributed by atoms with Gasteiger partial charge >= 0.3 is 0 Å². The van der Waals surface area contributed by atoms with Crippen molar-refractivity contribution in [2.75, 3.05) is 23.0 Å². The van der Waals surface area contributed by atoms with E-state index in [1.54, 1.807) is 9.80 Å². The van der Waals surface area contributed by atoms with E-state index in [2.05, 4.69) is 23.7 Å². The highest BCUT2D eigenvalue weighted by Gasteiger charge is 2.22. The van der Waals surface area contributed by atoms with Gasteiger partial charge in [-0.25, -0.2) is 0 Å². The first-order chi connectivity index (χ1) is 26.2. The zero-order valence-corrected chi connectivity index (χ0v) is 30.9. The van der Waals surface area contributed by atoms with Crippen LogP contribution in [-0.4, -0.2) is 42.4 Å². The number of ketones is 3. The Bertz CT molecular complexity index is 2150. The first kappa shape index (κ1) is 39.1. The standard InChI is InChI=1S/C26H27NO4.C20H17NO2/c1-20(28)15-17-31-18-16-24(29)10-6-12-26(30)27-19-23-9-3-2-7-21(23)13-14-22-8-4-5-11-25(22)27;1-15(22)10-13-20(23)21-14-18-8-3-2-6-16(18)11-12-17-7-4-5-9-19(17)21/h2-5,7-9,11H,6,10,12,15-19H2,1H3;2-9H,10,13-14H2,1H3. The molecule has 8 heteroatoms. The molecule has 0 atom stereocenters. The fourth-order valence-electron chi connectivity index (χ4n) is 6.03. The zero-order valence-electron chi connectivity index (χ0n) is 30.9. The SMILES string of the molecule is CC(=O)CCC(=O)N1Cc2ccccc2C#Cc2ccccc21.CC(=O)CCOCCC(=O)CCCC(=O)N1Cc2ccccc2C#Cc2ccccc21. The third-order valence-electron chi connectivity index (χ3n) is 9.01. The van der Waals surface area contributed by atoms with Gasteiger partial charge in [0.25, 0.3) is 0 Å². The van der Waals surface area contributed by atoms with Gasteiger partial charge < -0.3 is 19.3 Å². The summed E-state index contributed by atoms with van der Waals surface area (Å²) in [6.45, 7) is 4.61. The van der Waals surface area contributed by atoms with E-state index < -0.39 is 0 Å². The van der Waals surface area contributed by atoms with Crippen LogP contribution in [0.15, 0.2) is 97.1 Å². The van der Waals surface area contributed by atoms with Crippen LogP contribution >= 0.6 is 0 Å². The summed E-state index contributed by atoms with van der Waals surface area (Å²) in [6, 6.07) is 31.0. The van der Waals surface area contributed by atoms with Crippen molar-refractivity contribution in [3.63, 3.8) is 0 Å². The highest BCUT2D eigenvalue weighted by atomic mass is 16.5. The molecule has 4 aromatic rings. The molecule has 0 aliphatic carbocycles. The minimum atomic E-state index is -0.0499. The van der Waals surface area contributed by atoms with Crippen LogP contribution in [-0.2, 0) is 41.8 Å². The van der Waals surface area contributed by atoms with Crippen LogP contribution in [0, 0.1) is 23.7 Å². The maximum Gasteiger partial charge on any atom is 0.227 e. The van der Waals surface area contributed by atoms with Crippen molar-refractivity contribution in [3.8, 4) is 23.7 Å². The van der Waals surface area contributed by atoms with Crippen LogP contribution in [0.5, 0.6) is 0 Å². The minimum absolute atomic E-state index is 0.0172. The fraction of sp³-hybridized carbons (Fsp3) is 0.283. The Hall–Kier alpha value is -6.09. The summed E-state index contributed by atoms with van der Waals surface area (Å²) in [5.41, 5.74) is 7.16. The second-order valence-electron chi connectivity index (χ2n) is 13.2. The Morgan fingerprint density at radius 2 is 0.926 bits per heavy atom. The third kappa shape index (κ3) is 11.2. The Morgan fingerprint density at radius 3 is 1.44 bits per heavy atom. The average molecular weight is 721 g/mol. The number of hydrogen-bond donors (Lipinski definition) is 0. The molecular formula is C46H44N2O6. The summed E-state index contributed by atoms with van der Waals surface area (Å²) >= 11 is 0. The molecule has 54 heavy (non-hydrogen) atoms. The maximum absolute atomic E-state index is 13.1. The van der Waals surface area contributed by atoms with Crippen molar-refractivity contribution in [3.05, 3.63) is 130 Å². The van der Waals surface area contributed by atoms with E-state index in [-0.39, 0.29) is 42.0 Å². The number of rotatable bonds is 13. The predicted octanol–water partition coefficient (Wildman–Crippen LogP) is 7.36. The second-order valence-corrected chi connectivity index (χ2v) is 13.2. The number of carbonyl (C=O) groups is 5. The molecule has 0 fully saturated rings. The molecule has 2 heterocycles. The molecule has 274 valence electrons. The molecule has 8 nitrogen and oxygen atoms in total. The van der Waals surface area contributed by atoms with Gasteiger partial charge in [-0.3, -0.25) is 19.2 Å². The molecule has 0 spiro atoms. The van der Waals surface area contributed by atoms with Gasteiger partial charge in [0.05, 0.1) is 37.7 Å².